The van der Waals surface area contributed by atoms with E-state index < -0.39 is 0 Å². The molecule has 3 aromatic rings. The number of nitrogens with zero attached hydrogens (tertiary/aromatic N) is 3. The van der Waals surface area contributed by atoms with Gasteiger partial charge in [-0.3, -0.25) is 0 Å². The Morgan fingerprint density at radius 1 is 1.13 bits per heavy atom. The first-order chi connectivity index (χ1) is 11.1. The predicted octanol–water partition coefficient (Wildman–Crippen LogP) is 3.40. The summed E-state index contributed by atoms with van der Waals surface area (Å²) in [5, 5.41) is 7.21. The maximum atomic E-state index is 14.1. The summed E-state index contributed by atoms with van der Waals surface area (Å²) in [5.41, 5.74) is 2.16. The van der Waals surface area contributed by atoms with E-state index in [1.165, 1.54) is 35.5 Å². The summed E-state index contributed by atoms with van der Waals surface area (Å²) in [6, 6.07) is 11.4. The van der Waals surface area contributed by atoms with E-state index in [2.05, 4.69) is 15.4 Å². The topological polar surface area (TPSA) is 42.7 Å². The van der Waals surface area contributed by atoms with Gasteiger partial charge >= 0.3 is 0 Å². The van der Waals surface area contributed by atoms with Crippen molar-refractivity contribution in [3.63, 3.8) is 0 Å². The molecular weight excluding hydrogens is 298 g/mol. The second-order valence-corrected chi connectivity index (χ2v) is 5.28. The third kappa shape index (κ3) is 3.60. The summed E-state index contributed by atoms with van der Waals surface area (Å²) in [7, 11) is 0. The monoisotopic (exact) mass is 314 g/mol. The van der Waals surface area contributed by atoms with Crippen LogP contribution in [0, 0.1) is 11.6 Å². The summed E-state index contributed by atoms with van der Waals surface area (Å²) >= 11 is 0. The highest BCUT2D eigenvalue weighted by Crippen LogP contribution is 2.16. The Bertz CT molecular complexity index is 770. The van der Waals surface area contributed by atoms with Gasteiger partial charge in [0.15, 0.2) is 0 Å². The van der Waals surface area contributed by atoms with Crippen molar-refractivity contribution in [2.24, 2.45) is 0 Å². The highest BCUT2D eigenvalue weighted by atomic mass is 19.1. The van der Waals surface area contributed by atoms with Gasteiger partial charge in [-0.05, 0) is 42.3 Å². The zero-order chi connectivity index (χ0) is 16.2. The summed E-state index contributed by atoms with van der Waals surface area (Å²) in [6.45, 7) is 2.49. The summed E-state index contributed by atoms with van der Waals surface area (Å²) < 4.78 is 28.5. The molecular formula is C17H16F2N4. The minimum Gasteiger partial charge on any atom is -0.306 e. The summed E-state index contributed by atoms with van der Waals surface area (Å²) in [4.78, 5) is 3.81. The van der Waals surface area contributed by atoms with Crippen molar-refractivity contribution < 1.29 is 8.78 Å². The lowest BCUT2D eigenvalue weighted by Gasteiger charge is -2.15. The van der Waals surface area contributed by atoms with E-state index in [1.54, 1.807) is 18.2 Å². The molecule has 6 heteroatoms. The Morgan fingerprint density at radius 3 is 2.57 bits per heavy atom. The molecule has 1 atom stereocenters. The Balaban J connectivity index is 1.66. The molecule has 3 rings (SSSR count). The molecule has 0 aliphatic rings. The Labute approximate surface area is 132 Å². The molecule has 23 heavy (non-hydrogen) atoms. The number of nitrogens with one attached hydrogen (secondary N) is 1. The summed E-state index contributed by atoms with van der Waals surface area (Å²) in [6.07, 6.45) is 2.81. The zero-order valence-electron chi connectivity index (χ0n) is 12.6. The standard InChI is InChI=1S/C17H16F2N4/c1-12(14-3-5-15(18)6-4-14)21-9-13-2-7-17(16(19)8-13)23-11-20-10-22-23/h2-8,10-12,21H,9H2,1H3. The van der Waals surface area contributed by atoms with Gasteiger partial charge in [0.2, 0.25) is 0 Å². The summed E-state index contributed by atoms with van der Waals surface area (Å²) in [5.74, 6) is -0.615. The first-order valence-corrected chi connectivity index (χ1v) is 7.26. The molecule has 4 nitrogen and oxygen atoms in total. The largest absolute Gasteiger partial charge is 0.306 e. The molecule has 0 bridgehead atoms. The Morgan fingerprint density at radius 2 is 1.91 bits per heavy atom. The number of benzene rings is 2. The maximum Gasteiger partial charge on any atom is 0.149 e. The molecule has 118 valence electrons. The molecule has 0 fully saturated rings. The second-order valence-electron chi connectivity index (χ2n) is 5.28. The van der Waals surface area contributed by atoms with Crippen LogP contribution in [-0.2, 0) is 6.54 Å². The first-order valence-electron chi connectivity index (χ1n) is 7.26. The number of rotatable bonds is 5. The lowest BCUT2D eigenvalue weighted by molar-refractivity contribution is 0.564. The molecule has 1 N–H and O–H groups in total. The lowest BCUT2D eigenvalue weighted by atomic mass is 10.1. The minimum absolute atomic E-state index is 0.0358. The quantitative estimate of drug-likeness (QED) is 0.785. The van der Waals surface area contributed by atoms with Crippen LogP contribution >= 0.6 is 0 Å². The lowest BCUT2D eigenvalue weighted by Crippen LogP contribution is -2.18. The number of hydrogen-bond acceptors (Lipinski definition) is 3. The number of hydrogen-bond donors (Lipinski definition) is 1. The van der Waals surface area contributed by atoms with Crippen molar-refractivity contribution in [1.82, 2.24) is 20.1 Å². The third-order valence-electron chi connectivity index (χ3n) is 3.66. The van der Waals surface area contributed by atoms with Gasteiger partial charge in [-0.2, -0.15) is 5.10 Å². The van der Waals surface area contributed by atoms with Crippen LogP contribution in [-0.4, -0.2) is 14.8 Å². The third-order valence-corrected chi connectivity index (χ3v) is 3.66. The molecule has 0 amide bonds. The van der Waals surface area contributed by atoms with Crippen molar-refractivity contribution in [3.8, 4) is 5.69 Å². The minimum atomic E-state index is -0.357. The maximum absolute atomic E-state index is 14.1. The van der Waals surface area contributed by atoms with E-state index in [0.717, 1.165) is 11.1 Å². The number of aromatic nitrogens is 3. The highest BCUT2D eigenvalue weighted by Gasteiger charge is 2.08. The van der Waals surface area contributed by atoms with Crippen LogP contribution in [0.4, 0.5) is 8.78 Å². The molecule has 0 aliphatic heterocycles. The van der Waals surface area contributed by atoms with Gasteiger partial charge in [-0.1, -0.05) is 18.2 Å². The predicted molar refractivity (Wildman–Crippen MR) is 83.0 cm³/mol. The Kier molecular flexibility index (Phi) is 4.43. The normalized spacial score (nSPS) is 12.3. The van der Waals surface area contributed by atoms with Crippen LogP contribution in [0.2, 0.25) is 0 Å². The molecule has 0 aliphatic carbocycles. The molecule has 0 radical (unpaired) electrons. The van der Waals surface area contributed by atoms with Crippen molar-refractivity contribution in [2.45, 2.75) is 19.5 Å². The van der Waals surface area contributed by atoms with E-state index in [1.807, 2.05) is 13.0 Å². The second kappa shape index (κ2) is 6.66. The molecule has 1 heterocycles. The van der Waals surface area contributed by atoms with Gasteiger partial charge in [-0.25, -0.2) is 18.4 Å². The molecule has 1 aromatic heterocycles. The van der Waals surface area contributed by atoms with Gasteiger partial charge in [0.25, 0.3) is 0 Å². The van der Waals surface area contributed by atoms with Crippen LogP contribution in [0.25, 0.3) is 5.69 Å². The van der Waals surface area contributed by atoms with Gasteiger partial charge in [0.05, 0.1) is 0 Å². The van der Waals surface area contributed by atoms with Gasteiger partial charge in [0.1, 0.15) is 30.0 Å². The van der Waals surface area contributed by atoms with Crippen LogP contribution in [0.15, 0.2) is 55.1 Å². The number of halogens is 2. The Hall–Kier alpha value is -2.60. The first kappa shape index (κ1) is 15.3. The molecule has 0 saturated heterocycles. The fourth-order valence-corrected chi connectivity index (χ4v) is 2.32. The molecule has 0 saturated carbocycles. The average molecular weight is 314 g/mol. The van der Waals surface area contributed by atoms with Crippen LogP contribution in [0.5, 0.6) is 0 Å². The van der Waals surface area contributed by atoms with Crippen molar-refractivity contribution in [3.05, 3.63) is 77.9 Å². The highest BCUT2D eigenvalue weighted by molar-refractivity contribution is 5.35. The van der Waals surface area contributed by atoms with Crippen LogP contribution < -0.4 is 5.32 Å². The van der Waals surface area contributed by atoms with E-state index in [-0.39, 0.29) is 17.7 Å². The fraction of sp³-hybridized carbons (Fsp3) is 0.176. The van der Waals surface area contributed by atoms with Gasteiger partial charge in [0, 0.05) is 12.6 Å². The van der Waals surface area contributed by atoms with Gasteiger partial charge in [-0.15, -0.1) is 0 Å². The molecule has 1 unspecified atom stereocenters. The van der Waals surface area contributed by atoms with E-state index in [0.29, 0.717) is 12.2 Å². The van der Waals surface area contributed by atoms with E-state index >= 15 is 0 Å². The van der Waals surface area contributed by atoms with Gasteiger partial charge < -0.3 is 5.32 Å². The van der Waals surface area contributed by atoms with Crippen molar-refractivity contribution >= 4 is 0 Å². The fourth-order valence-electron chi connectivity index (χ4n) is 2.32. The van der Waals surface area contributed by atoms with E-state index in [9.17, 15) is 8.78 Å². The van der Waals surface area contributed by atoms with E-state index in [4.69, 9.17) is 0 Å². The average Bonchev–Trinajstić information content (AvgIpc) is 3.07. The van der Waals surface area contributed by atoms with Crippen molar-refractivity contribution in [1.29, 1.82) is 0 Å². The van der Waals surface area contributed by atoms with Crippen LogP contribution in [0.3, 0.4) is 0 Å². The van der Waals surface area contributed by atoms with Crippen molar-refractivity contribution in [2.75, 3.05) is 0 Å². The zero-order valence-corrected chi connectivity index (χ0v) is 12.6. The smallest absolute Gasteiger partial charge is 0.149 e. The SMILES string of the molecule is CC(NCc1ccc(-n2cncn2)c(F)c1)c1ccc(F)cc1. The molecule has 0 spiro atoms. The molecule has 2 aromatic carbocycles. The van der Waals surface area contributed by atoms with Crippen LogP contribution in [0.1, 0.15) is 24.1 Å².